The number of aromatic amines is 1. The molecule has 13 heteroatoms. The van der Waals surface area contributed by atoms with Gasteiger partial charge in [0.15, 0.2) is 10.9 Å². The average molecular weight is 656 g/mol. The third-order valence-corrected chi connectivity index (χ3v) is 9.86. The topological polar surface area (TPSA) is 124 Å². The van der Waals surface area contributed by atoms with E-state index in [1.54, 1.807) is 16.9 Å². The molecule has 0 unspecified atom stereocenters. The summed E-state index contributed by atoms with van der Waals surface area (Å²) in [6, 6.07) is 17.3. The molecule has 0 bridgehead atoms. The minimum absolute atomic E-state index is 0.169. The molecule has 1 aliphatic heterocycles. The van der Waals surface area contributed by atoms with Crippen LogP contribution >= 0.6 is 23.4 Å². The van der Waals surface area contributed by atoms with E-state index in [0.29, 0.717) is 32.9 Å². The van der Waals surface area contributed by atoms with Crippen molar-refractivity contribution in [2.45, 2.75) is 54.7 Å². The van der Waals surface area contributed by atoms with Crippen LogP contribution in [0.5, 0.6) is 5.75 Å². The summed E-state index contributed by atoms with van der Waals surface area (Å²) < 4.78 is 29.6. The van der Waals surface area contributed by atoms with Crippen molar-refractivity contribution in [2.24, 2.45) is 0 Å². The van der Waals surface area contributed by atoms with Gasteiger partial charge in [0.25, 0.3) is 5.91 Å². The number of aromatic nitrogens is 6. The van der Waals surface area contributed by atoms with Crippen molar-refractivity contribution in [3.05, 3.63) is 101 Å². The van der Waals surface area contributed by atoms with E-state index < -0.39 is 11.7 Å². The normalized spacial score (nSPS) is 16.9. The zero-order chi connectivity index (χ0) is 31.3. The van der Waals surface area contributed by atoms with Gasteiger partial charge in [0.05, 0.1) is 12.2 Å². The Morgan fingerprint density at radius 2 is 2.02 bits per heavy atom. The summed E-state index contributed by atoms with van der Waals surface area (Å²) in [7, 11) is 0. The maximum absolute atomic E-state index is 15.3. The fraction of sp³-hybridized carbons (Fsp3) is 0.242. The van der Waals surface area contributed by atoms with E-state index in [0.717, 1.165) is 54.4 Å². The number of amides is 1. The Morgan fingerprint density at radius 3 is 2.87 bits per heavy atom. The molecule has 0 saturated heterocycles. The number of hydrogen-bond donors (Lipinski definition) is 2. The van der Waals surface area contributed by atoms with Crippen LogP contribution in [0.25, 0.3) is 22.2 Å². The van der Waals surface area contributed by atoms with Crippen LogP contribution in [0.2, 0.25) is 5.02 Å². The standard InChI is InChI=1S/C33H27ClFN7O3S/c34-19-7-10-29-23(13-19)27(15-33(45-29)11-3-4-12-33)42-16-26(39-41-42)22-14-20(8-9-25(22)35)38-31(43)30-24(17-46-32-36-18-37-40-32)21-5-1-2-6-28(21)44-30/h1-2,5-10,13-14,16,18,27H,3-4,11-12,15,17H2,(H,38,43)(H,36,37,40)/t27-/m1/s1. The molecule has 1 atom stereocenters. The molecule has 1 amide bonds. The van der Waals surface area contributed by atoms with E-state index in [-0.39, 0.29) is 23.0 Å². The van der Waals surface area contributed by atoms with Crippen molar-refractivity contribution in [3.63, 3.8) is 0 Å². The van der Waals surface area contributed by atoms with Gasteiger partial charge in [0, 0.05) is 45.0 Å². The average Bonchev–Trinajstić information content (AvgIpc) is 3.88. The Balaban J connectivity index is 1.08. The molecule has 1 spiro atoms. The molecule has 3 aromatic heterocycles. The molecule has 6 aromatic rings. The summed E-state index contributed by atoms with van der Waals surface area (Å²) in [6.45, 7) is 0. The lowest BCUT2D eigenvalue weighted by atomic mass is 9.86. The number of hydrogen-bond acceptors (Lipinski definition) is 8. The third-order valence-electron chi connectivity index (χ3n) is 8.72. The van der Waals surface area contributed by atoms with E-state index in [2.05, 4.69) is 30.8 Å². The summed E-state index contributed by atoms with van der Waals surface area (Å²) in [5.41, 5.74) is 2.91. The van der Waals surface area contributed by atoms with E-state index >= 15 is 4.39 Å². The van der Waals surface area contributed by atoms with Crippen LogP contribution in [0.3, 0.4) is 0 Å². The van der Waals surface area contributed by atoms with Gasteiger partial charge in [-0.15, -0.1) is 5.10 Å². The molecule has 46 heavy (non-hydrogen) atoms. The predicted molar refractivity (Wildman–Crippen MR) is 172 cm³/mol. The molecule has 1 saturated carbocycles. The van der Waals surface area contributed by atoms with Crippen LogP contribution < -0.4 is 10.1 Å². The molecular formula is C33H27ClFN7O3S. The first-order valence-electron chi connectivity index (χ1n) is 14.9. The Morgan fingerprint density at radius 1 is 1.15 bits per heavy atom. The van der Waals surface area contributed by atoms with Crippen LogP contribution in [0.15, 0.2) is 82.8 Å². The van der Waals surface area contributed by atoms with Crippen LogP contribution in [-0.4, -0.2) is 41.7 Å². The van der Waals surface area contributed by atoms with Crippen LogP contribution in [0.1, 0.15) is 59.8 Å². The number of nitrogens with one attached hydrogen (secondary N) is 2. The number of para-hydroxylation sites is 1. The number of ether oxygens (including phenoxy) is 1. The highest BCUT2D eigenvalue weighted by Crippen LogP contribution is 2.49. The van der Waals surface area contributed by atoms with Crippen LogP contribution in [0, 0.1) is 5.82 Å². The number of rotatable bonds is 7. The van der Waals surface area contributed by atoms with Gasteiger partial charge in [-0.2, -0.15) is 5.10 Å². The lowest BCUT2D eigenvalue weighted by molar-refractivity contribution is 0.0354. The van der Waals surface area contributed by atoms with Crippen LogP contribution in [-0.2, 0) is 5.75 Å². The van der Waals surface area contributed by atoms with E-state index in [1.807, 2.05) is 42.5 Å². The van der Waals surface area contributed by atoms with Gasteiger partial charge in [0.1, 0.15) is 34.8 Å². The molecule has 232 valence electrons. The maximum Gasteiger partial charge on any atom is 0.291 e. The number of carbonyl (C=O) groups excluding carboxylic acids is 1. The SMILES string of the molecule is O=C(Nc1ccc(F)c(-c2cn([C@@H]3CC4(CCCC4)Oc4ccc(Cl)cc43)nn2)c1)c1oc2ccccc2c1CSc1ncn[nH]1. The molecule has 3 aromatic carbocycles. The zero-order valence-corrected chi connectivity index (χ0v) is 25.9. The summed E-state index contributed by atoms with van der Waals surface area (Å²) in [4.78, 5) is 17.7. The molecule has 1 fully saturated rings. The fourth-order valence-corrected chi connectivity index (χ4v) is 7.53. The lowest BCUT2D eigenvalue weighted by Crippen LogP contribution is -2.40. The van der Waals surface area contributed by atoms with Crippen molar-refractivity contribution >= 4 is 45.9 Å². The fourth-order valence-electron chi connectivity index (χ4n) is 6.54. The first-order valence-corrected chi connectivity index (χ1v) is 16.3. The Hall–Kier alpha value is -4.68. The van der Waals surface area contributed by atoms with E-state index in [1.165, 1.54) is 30.2 Å². The number of furan rings is 1. The first-order chi connectivity index (χ1) is 22.4. The van der Waals surface area contributed by atoms with Crippen molar-refractivity contribution in [3.8, 4) is 17.0 Å². The second kappa shape index (κ2) is 11.6. The van der Waals surface area contributed by atoms with Crippen molar-refractivity contribution in [1.82, 2.24) is 30.2 Å². The number of thioether (sulfide) groups is 1. The van der Waals surface area contributed by atoms with Gasteiger partial charge < -0.3 is 14.5 Å². The monoisotopic (exact) mass is 655 g/mol. The summed E-state index contributed by atoms with van der Waals surface area (Å²) in [5, 5.41) is 20.4. The lowest BCUT2D eigenvalue weighted by Gasteiger charge is -2.40. The number of nitrogens with zero attached hydrogens (tertiary/aromatic N) is 5. The van der Waals surface area contributed by atoms with Gasteiger partial charge >= 0.3 is 0 Å². The summed E-state index contributed by atoms with van der Waals surface area (Å²) in [6.07, 6.45) is 8.04. The Bertz CT molecular complexity index is 2070. The van der Waals surface area contributed by atoms with Crippen LogP contribution in [0.4, 0.5) is 10.1 Å². The summed E-state index contributed by atoms with van der Waals surface area (Å²) >= 11 is 7.78. The Kier molecular flexibility index (Phi) is 7.25. The number of anilines is 1. The molecule has 0 radical (unpaired) electrons. The predicted octanol–water partition coefficient (Wildman–Crippen LogP) is 7.83. The van der Waals surface area contributed by atoms with Crippen molar-refractivity contribution in [2.75, 3.05) is 5.32 Å². The number of fused-ring (bicyclic) bond motifs is 2. The molecule has 2 N–H and O–H groups in total. The number of H-pyrrole nitrogens is 1. The van der Waals surface area contributed by atoms with Gasteiger partial charge in [0.2, 0.25) is 0 Å². The Labute approximate surface area is 271 Å². The van der Waals surface area contributed by atoms with Gasteiger partial charge in [-0.25, -0.2) is 14.1 Å². The number of halogens is 2. The number of benzene rings is 3. The highest BCUT2D eigenvalue weighted by molar-refractivity contribution is 7.98. The quantitative estimate of drug-likeness (QED) is 0.167. The summed E-state index contributed by atoms with van der Waals surface area (Å²) in [5.74, 6) is 0.445. The minimum atomic E-state index is -0.486. The number of carbonyl (C=O) groups is 1. The zero-order valence-electron chi connectivity index (χ0n) is 24.4. The molecule has 4 heterocycles. The second-order valence-corrected chi connectivity index (χ2v) is 13.0. The highest BCUT2D eigenvalue weighted by Gasteiger charge is 2.44. The van der Waals surface area contributed by atoms with Gasteiger partial charge in [-0.05, 0) is 68.1 Å². The first kappa shape index (κ1) is 28.8. The molecule has 8 rings (SSSR count). The van der Waals surface area contributed by atoms with Crippen molar-refractivity contribution < 1.29 is 18.3 Å². The molecular weight excluding hydrogens is 629 g/mol. The van der Waals surface area contributed by atoms with Gasteiger partial charge in [-0.3, -0.25) is 9.89 Å². The molecule has 2 aliphatic rings. The largest absolute Gasteiger partial charge is 0.487 e. The van der Waals surface area contributed by atoms with E-state index in [9.17, 15) is 4.79 Å². The second-order valence-electron chi connectivity index (χ2n) is 11.6. The highest BCUT2D eigenvalue weighted by atomic mass is 35.5. The van der Waals surface area contributed by atoms with E-state index in [4.69, 9.17) is 20.8 Å². The molecule has 10 nitrogen and oxygen atoms in total. The maximum atomic E-state index is 15.3. The van der Waals surface area contributed by atoms with Crippen molar-refractivity contribution in [1.29, 1.82) is 0 Å². The smallest absolute Gasteiger partial charge is 0.291 e. The minimum Gasteiger partial charge on any atom is -0.487 e. The third kappa shape index (κ3) is 5.31. The van der Waals surface area contributed by atoms with Gasteiger partial charge in [-0.1, -0.05) is 46.8 Å². The molecule has 1 aliphatic carbocycles.